The third kappa shape index (κ3) is 2.89. The smallest absolute Gasteiger partial charge is 0.313 e. The average Bonchev–Trinajstić information content (AvgIpc) is 2.64. The summed E-state index contributed by atoms with van der Waals surface area (Å²) in [5.74, 6) is 0.549. The van der Waals surface area contributed by atoms with Gasteiger partial charge in [0, 0.05) is 24.9 Å². The highest BCUT2D eigenvalue weighted by atomic mass is 16.7. The fraction of sp³-hybridized carbons (Fsp3) is 0.400. The maximum absolute atomic E-state index is 12.7. The maximum Gasteiger partial charge on any atom is 0.342 e. The number of hydrogen-bond acceptors (Lipinski definition) is 3. The largest absolute Gasteiger partial charge is 0.342 e. The number of hydrogen-bond donors (Lipinski definition) is 1. The number of amides is 2. The van der Waals surface area contributed by atoms with Crippen LogP contribution in [0, 0.1) is 5.92 Å². The number of benzene rings is 1. The Morgan fingerprint density at radius 3 is 2.88 bits per heavy atom. The predicted octanol–water partition coefficient (Wildman–Crippen LogP) is 3.62. The Labute approximate surface area is 148 Å². The van der Waals surface area contributed by atoms with Gasteiger partial charge in [-0.1, -0.05) is 49.2 Å². The molecule has 1 aromatic carbocycles. The van der Waals surface area contributed by atoms with Gasteiger partial charge in [-0.05, 0) is 30.0 Å². The molecule has 1 N–H and O–H groups in total. The number of nitrogens with zero attached hydrogens (tertiary/aromatic N) is 2. The van der Waals surface area contributed by atoms with Crippen molar-refractivity contribution in [2.24, 2.45) is 5.92 Å². The normalized spacial score (nSPS) is 25.0. The fourth-order valence-electron chi connectivity index (χ4n) is 4.34. The molecule has 2 aliphatic rings. The number of carbonyl (C=O) groups excluding carboxylic acids is 1. The van der Waals surface area contributed by atoms with E-state index in [1.165, 1.54) is 18.4 Å². The topological polar surface area (TPSA) is 54.5 Å². The number of nitrogens with one attached hydrogen (secondary N) is 1. The molecule has 1 aromatic heterocycles. The highest BCUT2D eigenvalue weighted by molar-refractivity contribution is 5.76. The molecule has 0 radical (unpaired) electrons. The predicted molar refractivity (Wildman–Crippen MR) is 94.3 cm³/mol. The molecule has 0 unspecified atom stereocenters. The first-order chi connectivity index (χ1) is 12.3. The Bertz CT molecular complexity index is 722. The van der Waals surface area contributed by atoms with E-state index in [9.17, 15) is 4.79 Å². The summed E-state index contributed by atoms with van der Waals surface area (Å²) in [4.78, 5) is 24.1. The van der Waals surface area contributed by atoms with Gasteiger partial charge in [-0.3, -0.25) is 9.82 Å². The van der Waals surface area contributed by atoms with Gasteiger partial charge in [0.2, 0.25) is 0 Å². The molecule has 0 spiro atoms. The highest BCUT2D eigenvalue weighted by Crippen LogP contribution is 2.53. The summed E-state index contributed by atoms with van der Waals surface area (Å²) >= 11 is 0. The summed E-state index contributed by atoms with van der Waals surface area (Å²) in [6.45, 7) is 1.12. The van der Waals surface area contributed by atoms with Crippen molar-refractivity contribution in [3.8, 4) is 0 Å². The second kappa shape index (κ2) is 6.84. The van der Waals surface area contributed by atoms with E-state index in [1.807, 2.05) is 23.1 Å². The molecule has 1 saturated carbocycles. The maximum atomic E-state index is 12.7. The van der Waals surface area contributed by atoms with Crippen LogP contribution in [0.15, 0.2) is 54.9 Å². The van der Waals surface area contributed by atoms with Crippen LogP contribution >= 0.6 is 0 Å². The quantitative estimate of drug-likeness (QED) is 0.867. The number of rotatable bonds is 4. The zero-order valence-electron chi connectivity index (χ0n) is 14.2. The molecule has 2 fully saturated rings. The lowest BCUT2D eigenvalue weighted by Crippen LogP contribution is -2.69. The van der Waals surface area contributed by atoms with Crippen LogP contribution in [0.25, 0.3) is 0 Å². The Morgan fingerprint density at radius 1 is 1.24 bits per heavy atom. The van der Waals surface area contributed by atoms with Gasteiger partial charge >= 0.3 is 6.03 Å². The number of carbonyl (C=O) groups is 1. The monoisotopic (exact) mass is 337 g/mol. The SMILES string of the molecule is O=C(NOCc1cccnc1)N1C[C@@H]2CCCC[C@@]21c1ccccc1. The van der Waals surface area contributed by atoms with Gasteiger partial charge in [0.15, 0.2) is 0 Å². The third-order valence-corrected chi connectivity index (χ3v) is 5.56. The molecule has 1 saturated heterocycles. The van der Waals surface area contributed by atoms with Crippen LogP contribution in [-0.2, 0) is 17.0 Å². The van der Waals surface area contributed by atoms with E-state index in [1.54, 1.807) is 12.4 Å². The van der Waals surface area contributed by atoms with E-state index in [-0.39, 0.29) is 11.6 Å². The molecule has 2 atom stereocenters. The molecule has 2 heterocycles. The molecule has 2 aromatic rings. The first-order valence-corrected chi connectivity index (χ1v) is 8.94. The Kier molecular flexibility index (Phi) is 4.40. The Balaban J connectivity index is 1.45. The van der Waals surface area contributed by atoms with Crippen LogP contribution in [0.3, 0.4) is 0 Å². The van der Waals surface area contributed by atoms with Crippen molar-refractivity contribution in [3.63, 3.8) is 0 Å². The number of urea groups is 1. The first kappa shape index (κ1) is 16.1. The van der Waals surface area contributed by atoms with Crippen LogP contribution in [0.1, 0.15) is 36.8 Å². The zero-order chi connectivity index (χ0) is 17.1. The van der Waals surface area contributed by atoms with Crippen LogP contribution in [-0.4, -0.2) is 22.5 Å². The second-order valence-corrected chi connectivity index (χ2v) is 6.90. The molecule has 2 amide bonds. The second-order valence-electron chi connectivity index (χ2n) is 6.90. The molecule has 4 rings (SSSR count). The zero-order valence-corrected chi connectivity index (χ0v) is 14.2. The molecule has 5 heteroatoms. The number of fused-ring (bicyclic) bond motifs is 1. The highest BCUT2D eigenvalue weighted by Gasteiger charge is 2.57. The van der Waals surface area contributed by atoms with E-state index in [0.29, 0.717) is 12.5 Å². The number of pyridine rings is 1. The van der Waals surface area contributed by atoms with E-state index >= 15 is 0 Å². The van der Waals surface area contributed by atoms with E-state index in [4.69, 9.17) is 4.84 Å². The van der Waals surface area contributed by atoms with Crippen molar-refractivity contribution in [1.82, 2.24) is 15.4 Å². The Morgan fingerprint density at radius 2 is 2.12 bits per heavy atom. The summed E-state index contributed by atoms with van der Waals surface area (Å²) in [6, 6.07) is 14.1. The molecule has 0 bridgehead atoms. The minimum absolute atomic E-state index is 0.147. The fourth-order valence-corrected chi connectivity index (χ4v) is 4.34. The van der Waals surface area contributed by atoms with Crippen molar-refractivity contribution >= 4 is 6.03 Å². The van der Waals surface area contributed by atoms with Gasteiger partial charge in [-0.2, -0.15) is 0 Å². The van der Waals surface area contributed by atoms with Crippen molar-refractivity contribution in [2.75, 3.05) is 6.54 Å². The number of hydroxylamine groups is 1. The number of aromatic nitrogens is 1. The first-order valence-electron chi connectivity index (χ1n) is 8.94. The number of likely N-dealkylation sites (tertiary alicyclic amines) is 1. The minimum Gasteiger partial charge on any atom is -0.313 e. The van der Waals surface area contributed by atoms with Gasteiger partial charge < -0.3 is 4.90 Å². The van der Waals surface area contributed by atoms with Crippen LogP contribution in [0.5, 0.6) is 0 Å². The summed E-state index contributed by atoms with van der Waals surface area (Å²) in [5, 5.41) is 0. The van der Waals surface area contributed by atoms with Gasteiger partial charge in [-0.25, -0.2) is 10.3 Å². The molecule has 1 aliphatic carbocycles. The molecular formula is C20H23N3O2. The summed E-state index contributed by atoms with van der Waals surface area (Å²) < 4.78 is 0. The third-order valence-electron chi connectivity index (χ3n) is 5.56. The standard InChI is InChI=1S/C20H23N3O2/c24-19(22-25-15-16-7-6-12-21-13-16)23-14-18-10-4-5-11-20(18,23)17-8-2-1-3-9-17/h1-3,6-9,12-13,18H,4-5,10-11,14-15H2,(H,22,24)/t18-,20+/m0/s1. The summed E-state index contributed by atoms with van der Waals surface area (Å²) in [6.07, 6.45) is 8.08. The van der Waals surface area contributed by atoms with Crippen molar-refractivity contribution in [1.29, 1.82) is 0 Å². The average molecular weight is 337 g/mol. The van der Waals surface area contributed by atoms with Gasteiger partial charge in [0.25, 0.3) is 0 Å². The molecule has 5 nitrogen and oxygen atoms in total. The minimum atomic E-state index is -0.165. The van der Waals surface area contributed by atoms with Crippen molar-refractivity contribution in [2.45, 2.75) is 37.8 Å². The van der Waals surface area contributed by atoms with E-state index in [2.05, 4.69) is 34.7 Å². The van der Waals surface area contributed by atoms with Gasteiger partial charge in [0.05, 0.1) is 5.54 Å². The Hall–Kier alpha value is -2.40. The molecule has 130 valence electrons. The van der Waals surface area contributed by atoms with Crippen LogP contribution in [0.2, 0.25) is 0 Å². The van der Waals surface area contributed by atoms with E-state index in [0.717, 1.165) is 24.9 Å². The molecule has 25 heavy (non-hydrogen) atoms. The van der Waals surface area contributed by atoms with Crippen LogP contribution < -0.4 is 5.48 Å². The van der Waals surface area contributed by atoms with Gasteiger partial charge in [-0.15, -0.1) is 0 Å². The lowest BCUT2D eigenvalue weighted by atomic mass is 9.62. The summed E-state index contributed by atoms with van der Waals surface area (Å²) in [5.41, 5.74) is 4.63. The molecular weight excluding hydrogens is 314 g/mol. The lowest BCUT2D eigenvalue weighted by molar-refractivity contribution is -0.0926. The molecule has 1 aliphatic heterocycles. The van der Waals surface area contributed by atoms with Crippen molar-refractivity contribution in [3.05, 3.63) is 66.0 Å². The van der Waals surface area contributed by atoms with Crippen molar-refractivity contribution < 1.29 is 9.63 Å². The van der Waals surface area contributed by atoms with Crippen LogP contribution in [0.4, 0.5) is 4.79 Å². The van der Waals surface area contributed by atoms with Gasteiger partial charge in [0.1, 0.15) is 6.61 Å². The lowest BCUT2D eigenvalue weighted by Gasteiger charge is -2.61. The van der Waals surface area contributed by atoms with E-state index < -0.39 is 0 Å². The summed E-state index contributed by atoms with van der Waals surface area (Å²) in [7, 11) is 0.